The average molecular weight is 545 g/mol. The zero-order valence-corrected chi connectivity index (χ0v) is 25.3. The molecule has 0 bridgehead atoms. The lowest BCUT2D eigenvalue weighted by Gasteiger charge is -2.48. The van der Waals surface area contributed by atoms with Crippen LogP contribution in [-0.4, -0.2) is 11.9 Å². The second-order valence-corrected chi connectivity index (χ2v) is 13.2. The van der Waals surface area contributed by atoms with Crippen molar-refractivity contribution in [3.8, 4) is 0 Å². The maximum absolute atomic E-state index is 13.4. The van der Waals surface area contributed by atoms with Crippen LogP contribution < -0.4 is 0 Å². The van der Waals surface area contributed by atoms with E-state index in [0.29, 0.717) is 23.7 Å². The second kappa shape index (κ2) is 12.7. The summed E-state index contributed by atoms with van der Waals surface area (Å²) in [6, 6.07) is 20.3. The molecule has 2 aliphatic rings. The smallest absolute Gasteiger partial charge is 0.331 e. The van der Waals surface area contributed by atoms with Gasteiger partial charge in [0, 0.05) is 24.0 Å². The first-order chi connectivity index (χ1) is 19.1. The summed E-state index contributed by atoms with van der Waals surface area (Å²) < 4.78 is 12.8. The van der Waals surface area contributed by atoms with Crippen LogP contribution in [0.2, 0.25) is 0 Å². The minimum atomic E-state index is -0.717. The van der Waals surface area contributed by atoms with Crippen LogP contribution >= 0.6 is 0 Å². The summed E-state index contributed by atoms with van der Waals surface area (Å²) in [6.45, 7) is 13.3. The molecule has 2 aliphatic carbocycles. The molecule has 0 aliphatic heterocycles. The number of carbonyl (C=O) groups excluding carboxylic acids is 2. The number of carbonyl (C=O) groups is 2. The number of hydrogen-bond acceptors (Lipinski definition) is 4. The molecule has 0 radical (unpaired) electrons. The molecule has 6 atom stereocenters. The molecule has 0 amide bonds. The minimum absolute atomic E-state index is 0.201. The highest BCUT2D eigenvalue weighted by molar-refractivity contribution is 5.92. The summed E-state index contributed by atoms with van der Waals surface area (Å²) in [5.74, 6) is 0.980. The van der Waals surface area contributed by atoms with Crippen molar-refractivity contribution in [2.45, 2.75) is 91.3 Å². The molecule has 0 heterocycles. The molecule has 0 spiro atoms. The molecule has 40 heavy (non-hydrogen) atoms. The third kappa shape index (κ3) is 6.37. The Hall–Kier alpha value is -2.88. The molecule has 0 N–H and O–H groups in total. The normalized spacial score (nSPS) is 30.9. The maximum atomic E-state index is 13.4. The van der Waals surface area contributed by atoms with E-state index in [1.807, 2.05) is 36.4 Å². The molecule has 4 rings (SSSR count). The molecule has 2 fully saturated rings. The quantitative estimate of drug-likeness (QED) is 0.247. The Balaban J connectivity index is 1.60. The van der Waals surface area contributed by atoms with E-state index in [9.17, 15) is 9.59 Å². The van der Waals surface area contributed by atoms with Crippen LogP contribution in [0.3, 0.4) is 0 Å². The van der Waals surface area contributed by atoms with Gasteiger partial charge in [-0.15, -0.1) is 0 Å². The molecule has 0 aromatic heterocycles. The van der Waals surface area contributed by atoms with E-state index in [-0.39, 0.29) is 11.8 Å². The molecule has 2 aromatic carbocycles. The van der Waals surface area contributed by atoms with Crippen molar-refractivity contribution in [2.75, 3.05) is 0 Å². The Morgan fingerprint density at radius 3 is 1.32 bits per heavy atom. The molecule has 0 saturated heterocycles. The van der Waals surface area contributed by atoms with Gasteiger partial charge in [0.2, 0.25) is 0 Å². The van der Waals surface area contributed by atoms with Crippen LogP contribution in [-0.2, 0) is 30.3 Å². The van der Waals surface area contributed by atoms with Crippen LogP contribution in [0.25, 0.3) is 0 Å². The van der Waals surface area contributed by atoms with Crippen LogP contribution in [0.4, 0.5) is 0 Å². The van der Waals surface area contributed by atoms with Crippen molar-refractivity contribution in [1.29, 1.82) is 0 Å². The maximum Gasteiger partial charge on any atom is 0.331 e. The summed E-state index contributed by atoms with van der Waals surface area (Å²) in [5, 5.41) is 0. The third-order valence-corrected chi connectivity index (χ3v) is 9.50. The summed E-state index contributed by atoms with van der Waals surface area (Å²) in [5.41, 5.74) is 0.628. The second-order valence-electron chi connectivity index (χ2n) is 13.2. The number of benzene rings is 2. The van der Waals surface area contributed by atoms with Crippen LogP contribution in [0, 0.1) is 35.5 Å². The monoisotopic (exact) mass is 544 g/mol. The fourth-order valence-electron chi connectivity index (χ4n) is 7.70. The zero-order chi connectivity index (χ0) is 28.9. The molecule has 2 aromatic rings. The van der Waals surface area contributed by atoms with E-state index < -0.39 is 23.1 Å². The largest absolute Gasteiger partial charge is 0.451 e. The number of esters is 2. The van der Waals surface area contributed by atoms with E-state index in [2.05, 4.69) is 65.8 Å². The molecule has 2 saturated carbocycles. The fraction of sp³-hybridized carbons (Fsp3) is 0.556. The Morgan fingerprint density at radius 1 is 0.650 bits per heavy atom. The van der Waals surface area contributed by atoms with Gasteiger partial charge in [0.25, 0.3) is 0 Å². The summed E-state index contributed by atoms with van der Waals surface area (Å²) in [4.78, 5) is 26.8. The highest BCUT2D eigenvalue weighted by Crippen LogP contribution is 2.51. The Labute approximate surface area is 241 Å². The zero-order valence-electron chi connectivity index (χ0n) is 25.3. The van der Waals surface area contributed by atoms with E-state index >= 15 is 0 Å². The van der Waals surface area contributed by atoms with Crippen molar-refractivity contribution >= 4 is 11.9 Å². The van der Waals surface area contributed by atoms with Crippen molar-refractivity contribution in [1.82, 2.24) is 0 Å². The summed E-state index contributed by atoms with van der Waals surface area (Å²) >= 11 is 0. The molecular formula is C36H48O4. The lowest BCUT2D eigenvalue weighted by Crippen LogP contribution is -2.46. The first-order valence-electron chi connectivity index (χ1n) is 15.3. The van der Waals surface area contributed by atoms with Gasteiger partial charge in [-0.1, -0.05) is 115 Å². The molecule has 6 unspecified atom stereocenters. The van der Waals surface area contributed by atoms with Crippen molar-refractivity contribution in [2.24, 2.45) is 35.5 Å². The lowest BCUT2D eigenvalue weighted by atomic mass is 9.64. The molecule has 4 heteroatoms. The van der Waals surface area contributed by atoms with Gasteiger partial charge in [-0.2, -0.15) is 0 Å². The van der Waals surface area contributed by atoms with E-state index in [4.69, 9.17) is 9.47 Å². The Kier molecular flexibility index (Phi) is 9.59. The fourth-order valence-corrected chi connectivity index (χ4v) is 7.70. The van der Waals surface area contributed by atoms with Gasteiger partial charge in [-0.3, -0.25) is 0 Å². The summed E-state index contributed by atoms with van der Waals surface area (Å²) in [6.07, 6.45) is 8.34. The Morgan fingerprint density at radius 2 is 1.00 bits per heavy atom. The number of rotatable bonds is 8. The van der Waals surface area contributed by atoms with Gasteiger partial charge in [0.1, 0.15) is 11.2 Å². The Bertz CT molecular complexity index is 1060. The van der Waals surface area contributed by atoms with Crippen molar-refractivity contribution in [3.05, 3.63) is 83.9 Å². The highest BCUT2D eigenvalue weighted by Gasteiger charge is 2.50. The van der Waals surface area contributed by atoms with Gasteiger partial charge < -0.3 is 9.47 Å². The highest BCUT2D eigenvalue weighted by atomic mass is 16.6. The van der Waals surface area contributed by atoms with Gasteiger partial charge in [0.05, 0.1) is 0 Å². The standard InChI is InChI=1S/C36H48O4/c1-25(2)31-19-17-27(5)23-35(31,29-13-9-7-10-14-29)39-33(37)21-22-34(38)40-36(30-15-11-8-12-16-30)24-28(6)18-20-32(36)26(3)4/h7-16,21-22,25-28,31-32H,17-20,23-24H2,1-6H3/b22-21-. The minimum Gasteiger partial charge on any atom is -0.451 e. The molecule has 216 valence electrons. The first kappa shape index (κ1) is 30.1. The van der Waals surface area contributed by atoms with Crippen molar-refractivity contribution < 1.29 is 19.1 Å². The first-order valence-corrected chi connectivity index (χ1v) is 15.3. The predicted octanol–water partition coefficient (Wildman–Crippen LogP) is 8.60. The third-order valence-electron chi connectivity index (χ3n) is 9.50. The van der Waals surface area contributed by atoms with Gasteiger partial charge >= 0.3 is 11.9 Å². The van der Waals surface area contributed by atoms with E-state index in [1.165, 1.54) is 12.2 Å². The lowest BCUT2D eigenvalue weighted by molar-refractivity contribution is -0.176. The van der Waals surface area contributed by atoms with Crippen LogP contribution in [0.15, 0.2) is 72.8 Å². The van der Waals surface area contributed by atoms with Gasteiger partial charge in [0.15, 0.2) is 0 Å². The van der Waals surface area contributed by atoms with Crippen LogP contribution in [0.1, 0.15) is 91.2 Å². The predicted molar refractivity (Wildman–Crippen MR) is 160 cm³/mol. The topological polar surface area (TPSA) is 52.6 Å². The van der Waals surface area contributed by atoms with Crippen LogP contribution in [0.5, 0.6) is 0 Å². The molecular weight excluding hydrogens is 496 g/mol. The van der Waals surface area contributed by atoms with Crippen molar-refractivity contribution in [3.63, 3.8) is 0 Å². The van der Waals surface area contributed by atoms with E-state index in [1.54, 1.807) is 0 Å². The summed E-state index contributed by atoms with van der Waals surface area (Å²) in [7, 11) is 0. The average Bonchev–Trinajstić information content (AvgIpc) is 2.92. The number of hydrogen-bond donors (Lipinski definition) is 0. The van der Waals surface area contributed by atoms with Gasteiger partial charge in [-0.05, 0) is 60.5 Å². The number of ether oxygens (including phenoxy) is 2. The molecule has 4 nitrogen and oxygen atoms in total. The SMILES string of the molecule is CC1CCC(C(C)C)C(OC(=O)/C=C\C(=O)OC2(c3ccccc3)CC(C)CCC2C(C)C)(c2ccccc2)C1. The van der Waals surface area contributed by atoms with Gasteiger partial charge in [-0.25, -0.2) is 9.59 Å². The van der Waals surface area contributed by atoms with E-state index in [0.717, 1.165) is 49.7 Å².